The molecule has 128 valence electrons. The first-order valence-corrected chi connectivity index (χ1v) is 8.51. The second-order valence-corrected chi connectivity index (χ2v) is 6.78. The lowest BCUT2D eigenvalue weighted by Gasteiger charge is -2.08. The molecule has 0 unspecified atom stereocenters. The number of thioether (sulfide) groups is 1. The molecule has 1 fully saturated rings. The maximum absolute atomic E-state index is 12.0. The minimum absolute atomic E-state index is 0.00614. The summed E-state index contributed by atoms with van der Waals surface area (Å²) in [5, 5.41) is 11.1. The maximum Gasteiger partial charge on any atom is 0.277 e. The highest BCUT2D eigenvalue weighted by Crippen LogP contribution is 2.33. The van der Waals surface area contributed by atoms with Crippen LogP contribution in [0.1, 0.15) is 19.8 Å². The van der Waals surface area contributed by atoms with Crippen LogP contribution in [0.3, 0.4) is 0 Å². The Morgan fingerprint density at radius 3 is 2.71 bits per heavy atom. The van der Waals surface area contributed by atoms with Gasteiger partial charge in [0.05, 0.1) is 19.5 Å². The summed E-state index contributed by atoms with van der Waals surface area (Å²) in [7, 11) is 3.14. The van der Waals surface area contributed by atoms with E-state index >= 15 is 0 Å². The smallest absolute Gasteiger partial charge is 0.277 e. The van der Waals surface area contributed by atoms with Crippen molar-refractivity contribution in [3.8, 4) is 23.0 Å². The zero-order chi connectivity index (χ0) is 17.1. The largest absolute Gasteiger partial charge is 0.493 e. The summed E-state index contributed by atoms with van der Waals surface area (Å²) in [5.41, 5.74) is 0.724. The molecule has 1 heterocycles. The Bertz CT molecular complexity index is 730. The van der Waals surface area contributed by atoms with Gasteiger partial charge >= 0.3 is 0 Å². The van der Waals surface area contributed by atoms with Crippen LogP contribution in [0.25, 0.3) is 11.5 Å². The molecule has 3 rings (SSSR count). The van der Waals surface area contributed by atoms with Gasteiger partial charge in [-0.05, 0) is 38.0 Å². The van der Waals surface area contributed by atoms with E-state index in [1.807, 2.05) is 13.0 Å². The quantitative estimate of drug-likeness (QED) is 0.769. The average Bonchev–Trinajstić information content (AvgIpc) is 3.29. The first-order chi connectivity index (χ1) is 11.6. The van der Waals surface area contributed by atoms with Crippen LogP contribution >= 0.6 is 11.8 Å². The number of hydrogen-bond acceptors (Lipinski definition) is 7. The average molecular weight is 349 g/mol. The summed E-state index contributed by atoms with van der Waals surface area (Å²) in [6, 6.07) is 5.69. The first kappa shape index (κ1) is 16.6. The van der Waals surface area contributed by atoms with Crippen LogP contribution in [0.2, 0.25) is 0 Å². The number of carbonyl (C=O) groups excluding carboxylic acids is 1. The number of amides is 1. The van der Waals surface area contributed by atoms with Gasteiger partial charge in [-0.3, -0.25) is 4.79 Å². The number of nitrogens with one attached hydrogen (secondary N) is 1. The third-order valence-electron chi connectivity index (χ3n) is 3.61. The molecular weight excluding hydrogens is 330 g/mol. The highest BCUT2D eigenvalue weighted by atomic mass is 32.2. The molecule has 1 N–H and O–H groups in total. The van der Waals surface area contributed by atoms with Crippen molar-refractivity contribution in [3.63, 3.8) is 0 Å². The number of nitrogens with zero attached hydrogens (tertiary/aromatic N) is 2. The summed E-state index contributed by atoms with van der Waals surface area (Å²) in [4.78, 5) is 12.0. The second kappa shape index (κ2) is 7.12. The fraction of sp³-hybridized carbons (Fsp3) is 0.438. The van der Waals surface area contributed by atoms with Crippen molar-refractivity contribution in [1.29, 1.82) is 0 Å². The number of carbonyl (C=O) groups is 1. The number of ether oxygens (including phenoxy) is 2. The summed E-state index contributed by atoms with van der Waals surface area (Å²) in [5.74, 6) is 1.57. The minimum atomic E-state index is -0.288. The van der Waals surface area contributed by atoms with E-state index in [0.717, 1.165) is 18.4 Å². The van der Waals surface area contributed by atoms with Crippen molar-refractivity contribution >= 4 is 17.7 Å². The van der Waals surface area contributed by atoms with Gasteiger partial charge in [0.2, 0.25) is 11.8 Å². The van der Waals surface area contributed by atoms with Gasteiger partial charge in [0.1, 0.15) is 0 Å². The first-order valence-electron chi connectivity index (χ1n) is 7.63. The van der Waals surface area contributed by atoms with Gasteiger partial charge in [-0.1, -0.05) is 11.8 Å². The van der Waals surface area contributed by atoms with Crippen LogP contribution < -0.4 is 14.8 Å². The molecule has 0 saturated heterocycles. The van der Waals surface area contributed by atoms with E-state index in [1.54, 1.807) is 26.4 Å². The molecule has 1 aliphatic carbocycles. The Balaban J connectivity index is 1.69. The molecule has 1 aromatic heterocycles. The zero-order valence-corrected chi connectivity index (χ0v) is 14.6. The topological polar surface area (TPSA) is 86.5 Å². The van der Waals surface area contributed by atoms with E-state index in [-0.39, 0.29) is 11.2 Å². The van der Waals surface area contributed by atoms with Crippen molar-refractivity contribution in [2.24, 2.45) is 0 Å². The predicted molar refractivity (Wildman–Crippen MR) is 89.3 cm³/mol. The fourth-order valence-electron chi connectivity index (χ4n) is 2.09. The number of aromatic nitrogens is 2. The molecule has 1 aliphatic rings. The van der Waals surface area contributed by atoms with Gasteiger partial charge in [-0.2, -0.15) is 0 Å². The molecule has 0 radical (unpaired) electrons. The van der Waals surface area contributed by atoms with E-state index in [0.29, 0.717) is 28.7 Å². The summed E-state index contributed by atoms with van der Waals surface area (Å²) in [6.45, 7) is 1.82. The Morgan fingerprint density at radius 1 is 1.29 bits per heavy atom. The molecule has 1 atom stereocenters. The molecule has 0 spiro atoms. The number of rotatable bonds is 7. The Labute approximate surface area is 144 Å². The Kier molecular flexibility index (Phi) is 4.94. The SMILES string of the molecule is COc1ccc(-c2nnc(S[C@H](C)C(=O)NC3CC3)o2)cc1OC. The van der Waals surface area contributed by atoms with Crippen LogP contribution in [0, 0.1) is 0 Å². The van der Waals surface area contributed by atoms with Crippen molar-refractivity contribution in [2.75, 3.05) is 14.2 Å². The zero-order valence-electron chi connectivity index (χ0n) is 13.7. The molecule has 2 aromatic rings. The molecule has 1 saturated carbocycles. The molecular formula is C16H19N3O4S. The molecule has 1 aromatic carbocycles. The normalized spacial score (nSPS) is 15.0. The standard InChI is InChI=1S/C16H19N3O4S/c1-9(14(20)17-11-5-6-11)24-16-19-18-15(23-16)10-4-7-12(21-2)13(8-10)22-3/h4,7-9,11H,5-6H2,1-3H3,(H,17,20)/t9-/m1/s1. The van der Waals surface area contributed by atoms with Crippen molar-refractivity contribution in [1.82, 2.24) is 15.5 Å². The summed E-state index contributed by atoms with van der Waals surface area (Å²) < 4.78 is 16.1. The maximum atomic E-state index is 12.0. The summed E-state index contributed by atoms with van der Waals surface area (Å²) in [6.07, 6.45) is 2.13. The molecule has 24 heavy (non-hydrogen) atoms. The van der Waals surface area contributed by atoms with Crippen LogP contribution in [0.15, 0.2) is 27.8 Å². The van der Waals surface area contributed by atoms with Crippen LogP contribution in [0.5, 0.6) is 11.5 Å². The lowest BCUT2D eigenvalue weighted by molar-refractivity contribution is -0.120. The lowest BCUT2D eigenvalue weighted by atomic mass is 10.2. The Morgan fingerprint density at radius 2 is 2.04 bits per heavy atom. The van der Waals surface area contributed by atoms with E-state index in [4.69, 9.17) is 13.9 Å². The Hall–Kier alpha value is -2.22. The third-order valence-corrected chi connectivity index (χ3v) is 4.54. The third kappa shape index (κ3) is 3.81. The molecule has 8 heteroatoms. The van der Waals surface area contributed by atoms with Crippen molar-refractivity contribution in [3.05, 3.63) is 18.2 Å². The van der Waals surface area contributed by atoms with Gasteiger partial charge in [0.25, 0.3) is 5.22 Å². The summed E-state index contributed by atoms with van der Waals surface area (Å²) >= 11 is 1.25. The van der Waals surface area contributed by atoms with E-state index in [9.17, 15) is 4.79 Å². The van der Waals surface area contributed by atoms with E-state index in [2.05, 4.69) is 15.5 Å². The number of hydrogen-bond donors (Lipinski definition) is 1. The highest BCUT2D eigenvalue weighted by molar-refractivity contribution is 8.00. The van der Waals surface area contributed by atoms with Gasteiger partial charge in [0.15, 0.2) is 11.5 Å². The molecule has 0 bridgehead atoms. The van der Waals surface area contributed by atoms with E-state index in [1.165, 1.54) is 11.8 Å². The highest BCUT2D eigenvalue weighted by Gasteiger charge is 2.27. The lowest BCUT2D eigenvalue weighted by Crippen LogP contribution is -2.32. The predicted octanol–water partition coefficient (Wildman–Crippen LogP) is 2.51. The van der Waals surface area contributed by atoms with Gasteiger partial charge in [-0.25, -0.2) is 0 Å². The molecule has 7 nitrogen and oxygen atoms in total. The molecule has 1 amide bonds. The van der Waals surface area contributed by atoms with Gasteiger partial charge < -0.3 is 19.2 Å². The minimum Gasteiger partial charge on any atom is -0.493 e. The van der Waals surface area contributed by atoms with Gasteiger partial charge in [-0.15, -0.1) is 10.2 Å². The van der Waals surface area contributed by atoms with Crippen LogP contribution in [0.4, 0.5) is 0 Å². The van der Waals surface area contributed by atoms with Crippen LogP contribution in [-0.4, -0.2) is 41.6 Å². The van der Waals surface area contributed by atoms with Crippen molar-refractivity contribution < 1.29 is 18.7 Å². The number of methoxy groups -OCH3 is 2. The number of benzene rings is 1. The fourth-order valence-corrected chi connectivity index (χ4v) is 2.79. The molecule has 0 aliphatic heterocycles. The van der Waals surface area contributed by atoms with Gasteiger partial charge in [0, 0.05) is 11.6 Å². The van der Waals surface area contributed by atoms with Crippen LogP contribution in [-0.2, 0) is 4.79 Å². The second-order valence-electron chi connectivity index (χ2n) is 5.49. The monoisotopic (exact) mass is 349 g/mol. The van der Waals surface area contributed by atoms with Crippen molar-refractivity contribution in [2.45, 2.75) is 36.3 Å². The van der Waals surface area contributed by atoms with E-state index < -0.39 is 0 Å².